The molecule has 0 saturated heterocycles. The fourth-order valence-corrected chi connectivity index (χ4v) is 4.82. The lowest BCUT2D eigenvalue weighted by molar-refractivity contribution is -0.117. The zero-order valence-corrected chi connectivity index (χ0v) is 19.7. The first-order valence-electron chi connectivity index (χ1n) is 9.74. The van der Waals surface area contributed by atoms with Gasteiger partial charge in [0.2, 0.25) is 5.91 Å². The molecule has 5 rings (SSSR count). The van der Waals surface area contributed by atoms with E-state index in [0.29, 0.717) is 18.0 Å². The molecule has 0 aliphatic heterocycles. The molecule has 1 saturated carbocycles. The quantitative estimate of drug-likeness (QED) is 0.287. The molecule has 3 N–H and O–H groups in total. The second-order valence-electron chi connectivity index (χ2n) is 7.58. The molecule has 31 heavy (non-hydrogen) atoms. The maximum atomic E-state index is 12.7. The first-order valence-corrected chi connectivity index (χ1v) is 13.8. The fourth-order valence-electron chi connectivity index (χ4n) is 3.73. The molecule has 4 aromatic rings. The Morgan fingerprint density at radius 3 is 2.97 bits per heavy atom. The molecule has 4 heterocycles. The first-order chi connectivity index (χ1) is 15.0. The SMILES string of the molecule is Cc1ccncc1-c1cc2cc(NC(=O)[C@@H]3C[C@H]3c3ccn(PI)n3)ncc2c(N)n1. The summed E-state index contributed by atoms with van der Waals surface area (Å²) < 4.78 is 1.90. The molecule has 156 valence electrons. The van der Waals surface area contributed by atoms with Crippen LogP contribution in [0.1, 0.15) is 23.6 Å². The summed E-state index contributed by atoms with van der Waals surface area (Å²) >= 11 is 2.28. The van der Waals surface area contributed by atoms with Crippen LogP contribution in [0.25, 0.3) is 22.0 Å². The second kappa shape index (κ2) is 8.12. The van der Waals surface area contributed by atoms with Crippen LogP contribution >= 0.6 is 28.4 Å². The van der Waals surface area contributed by atoms with Crippen molar-refractivity contribution in [3.05, 3.63) is 60.3 Å². The van der Waals surface area contributed by atoms with Crippen molar-refractivity contribution in [2.45, 2.75) is 19.3 Å². The maximum Gasteiger partial charge on any atom is 0.229 e. The highest BCUT2D eigenvalue weighted by Crippen LogP contribution is 2.47. The molecule has 0 aromatic carbocycles. The number of pyridine rings is 3. The smallest absolute Gasteiger partial charge is 0.229 e. The van der Waals surface area contributed by atoms with E-state index in [1.165, 1.54) is 0 Å². The fraction of sp³-hybridized carbons (Fsp3) is 0.190. The Hall–Kier alpha value is -2.65. The lowest BCUT2D eigenvalue weighted by Gasteiger charge is -2.10. The van der Waals surface area contributed by atoms with Gasteiger partial charge >= 0.3 is 0 Å². The Kier molecular flexibility index (Phi) is 5.31. The van der Waals surface area contributed by atoms with Gasteiger partial charge < -0.3 is 11.1 Å². The van der Waals surface area contributed by atoms with Crippen molar-refractivity contribution < 1.29 is 4.79 Å². The van der Waals surface area contributed by atoms with E-state index in [2.05, 4.69) is 47.4 Å². The summed E-state index contributed by atoms with van der Waals surface area (Å²) in [4.78, 5) is 25.8. The summed E-state index contributed by atoms with van der Waals surface area (Å²) in [5.41, 5.74) is 9.89. The highest BCUT2D eigenvalue weighted by Gasteiger charge is 2.45. The number of aryl methyl sites for hydroxylation is 1. The number of halogens is 1. The summed E-state index contributed by atoms with van der Waals surface area (Å²) in [6.07, 6.45) is 8.50. The topological polar surface area (TPSA) is 112 Å². The highest BCUT2D eigenvalue weighted by atomic mass is 127. The van der Waals surface area contributed by atoms with E-state index < -0.39 is 0 Å². The van der Waals surface area contributed by atoms with Gasteiger partial charge in [-0.2, -0.15) is 5.10 Å². The molecule has 1 unspecified atom stereocenters. The van der Waals surface area contributed by atoms with Crippen molar-refractivity contribution >= 4 is 56.7 Å². The number of anilines is 2. The van der Waals surface area contributed by atoms with Gasteiger partial charge in [-0.1, -0.05) is 0 Å². The largest absolute Gasteiger partial charge is 0.383 e. The summed E-state index contributed by atoms with van der Waals surface area (Å²) in [7, 11) is 0. The molecule has 0 radical (unpaired) electrons. The van der Waals surface area contributed by atoms with Crippen LogP contribution in [0.15, 0.2) is 49.1 Å². The predicted octanol–water partition coefficient (Wildman–Crippen LogP) is 4.31. The molecule has 0 bridgehead atoms. The van der Waals surface area contributed by atoms with E-state index in [1.807, 2.05) is 41.8 Å². The maximum absolute atomic E-state index is 12.7. The Balaban J connectivity index is 1.38. The van der Waals surface area contributed by atoms with Gasteiger partial charge in [0, 0.05) is 47.6 Å². The van der Waals surface area contributed by atoms with E-state index in [1.54, 1.807) is 18.6 Å². The number of fused-ring (bicyclic) bond motifs is 1. The van der Waals surface area contributed by atoms with Crippen LogP contribution in [0.2, 0.25) is 0 Å². The third-order valence-corrected chi connectivity index (χ3v) is 7.42. The number of nitrogens with one attached hydrogen (secondary N) is 1. The first kappa shape index (κ1) is 20.3. The molecule has 4 aromatic heterocycles. The van der Waals surface area contributed by atoms with Crippen LogP contribution in [0.3, 0.4) is 0 Å². The van der Waals surface area contributed by atoms with Gasteiger partial charge in [0.1, 0.15) is 11.6 Å². The average Bonchev–Trinajstić information content (AvgIpc) is 3.43. The number of hydrogen-bond acceptors (Lipinski definition) is 6. The molecular weight excluding hydrogens is 524 g/mol. The summed E-state index contributed by atoms with van der Waals surface area (Å²) in [5.74, 6) is 0.967. The van der Waals surface area contributed by atoms with E-state index >= 15 is 0 Å². The average molecular weight is 543 g/mol. The molecule has 1 fully saturated rings. The van der Waals surface area contributed by atoms with Crippen LogP contribution in [-0.4, -0.2) is 30.4 Å². The highest BCUT2D eigenvalue weighted by molar-refractivity contribution is 14.2. The lowest BCUT2D eigenvalue weighted by atomic mass is 10.1. The number of nitrogens with zero attached hydrogens (tertiary/aromatic N) is 5. The second-order valence-corrected chi connectivity index (χ2v) is 9.66. The molecule has 1 aliphatic carbocycles. The molecule has 1 amide bonds. The Bertz CT molecular complexity index is 1310. The van der Waals surface area contributed by atoms with Gasteiger partial charge in [-0.15, -0.1) is 0 Å². The standard InChI is InChI=1S/C21H19IN7OP/c1-11-2-4-24-9-15(11)18-6-12-7-19(25-10-16(12)20(23)26-18)27-21(30)14-8-13(14)17-3-5-29(28-17)31-22/h2-7,9-10,13-14,31H,8H2,1H3,(H2,23,26)(H,25,27,30)/t13-,14-/m1/s1. The normalized spacial score (nSPS) is 18.0. The van der Waals surface area contributed by atoms with Gasteiger partial charge in [-0.3, -0.25) is 9.78 Å². The zero-order valence-electron chi connectivity index (χ0n) is 16.6. The molecule has 3 atom stereocenters. The van der Waals surface area contributed by atoms with Gasteiger partial charge in [0.25, 0.3) is 0 Å². The zero-order chi connectivity index (χ0) is 21.5. The minimum atomic E-state index is -0.0745. The van der Waals surface area contributed by atoms with Crippen LogP contribution in [0, 0.1) is 12.8 Å². The number of hydrogen-bond donors (Lipinski definition) is 2. The van der Waals surface area contributed by atoms with Gasteiger partial charge in [-0.05, 0) is 70.6 Å². The van der Waals surface area contributed by atoms with Crippen molar-refractivity contribution in [3.8, 4) is 11.3 Å². The Morgan fingerprint density at radius 2 is 2.19 bits per heavy atom. The molecule has 10 heteroatoms. The molecular formula is C21H19IN7OP. The summed E-state index contributed by atoms with van der Waals surface area (Å²) in [6.45, 7) is 2.01. The third-order valence-electron chi connectivity index (χ3n) is 5.51. The monoisotopic (exact) mass is 543 g/mol. The van der Waals surface area contributed by atoms with Gasteiger partial charge in [0.15, 0.2) is 0 Å². The van der Waals surface area contributed by atoms with E-state index in [9.17, 15) is 4.79 Å². The van der Waals surface area contributed by atoms with E-state index in [0.717, 1.165) is 39.7 Å². The number of carbonyl (C=O) groups excluding carboxylic acids is 1. The number of carbonyl (C=O) groups is 1. The number of rotatable bonds is 5. The minimum absolute atomic E-state index is 0.0336. The van der Waals surface area contributed by atoms with Crippen molar-refractivity contribution in [3.63, 3.8) is 0 Å². The molecule has 0 spiro atoms. The minimum Gasteiger partial charge on any atom is -0.383 e. The number of amides is 1. The predicted molar refractivity (Wildman–Crippen MR) is 131 cm³/mol. The lowest BCUT2D eigenvalue weighted by Crippen LogP contribution is -2.15. The summed E-state index contributed by atoms with van der Waals surface area (Å²) in [6, 6.07) is 7.72. The van der Waals surface area contributed by atoms with Crippen molar-refractivity contribution in [1.82, 2.24) is 24.5 Å². The Morgan fingerprint density at radius 1 is 1.32 bits per heavy atom. The number of nitrogen functional groups attached to an aromatic ring is 1. The van der Waals surface area contributed by atoms with Crippen LogP contribution < -0.4 is 11.1 Å². The van der Waals surface area contributed by atoms with Gasteiger partial charge in [-0.25, -0.2) is 14.4 Å². The third kappa shape index (κ3) is 3.99. The van der Waals surface area contributed by atoms with Crippen molar-refractivity contribution in [2.75, 3.05) is 11.1 Å². The van der Waals surface area contributed by atoms with E-state index in [4.69, 9.17) is 5.73 Å². The van der Waals surface area contributed by atoms with Crippen LogP contribution in [-0.2, 0) is 4.79 Å². The number of nitrogens with two attached hydrogens (primary N) is 1. The van der Waals surface area contributed by atoms with Crippen LogP contribution in [0.4, 0.5) is 11.6 Å². The Labute approximate surface area is 193 Å². The molecule has 8 nitrogen and oxygen atoms in total. The number of aromatic nitrogens is 5. The van der Waals surface area contributed by atoms with Crippen LogP contribution in [0.5, 0.6) is 0 Å². The summed E-state index contributed by atoms with van der Waals surface area (Å²) in [5, 5.41) is 9.09. The van der Waals surface area contributed by atoms with Gasteiger partial charge in [0.05, 0.1) is 17.8 Å². The van der Waals surface area contributed by atoms with Crippen molar-refractivity contribution in [2.24, 2.45) is 5.92 Å². The molecule has 1 aliphatic rings. The van der Waals surface area contributed by atoms with Crippen molar-refractivity contribution in [1.29, 1.82) is 0 Å². The van der Waals surface area contributed by atoms with E-state index in [-0.39, 0.29) is 17.7 Å².